The van der Waals surface area contributed by atoms with Gasteiger partial charge in [-0.15, -0.1) is 0 Å². The number of ether oxygens (including phenoxy) is 1. The summed E-state index contributed by atoms with van der Waals surface area (Å²) in [6, 6.07) is -0.0223. The lowest BCUT2D eigenvalue weighted by atomic mass is 9.94. The summed E-state index contributed by atoms with van der Waals surface area (Å²) in [7, 11) is 0. The summed E-state index contributed by atoms with van der Waals surface area (Å²) in [4.78, 5) is 23.3. The average molecular weight is 385 g/mol. The van der Waals surface area contributed by atoms with Crippen LogP contribution in [0.1, 0.15) is 61.4 Å². The first-order valence-corrected chi connectivity index (χ1v) is 10.1. The number of carbonyl (C=O) groups excluding carboxylic acids is 1. The van der Waals surface area contributed by atoms with Crippen molar-refractivity contribution in [3.05, 3.63) is 28.9 Å². The molecule has 8 heteroatoms. The van der Waals surface area contributed by atoms with Crippen molar-refractivity contribution < 1.29 is 14.1 Å². The van der Waals surface area contributed by atoms with Crippen LogP contribution in [-0.2, 0) is 17.7 Å². The highest BCUT2D eigenvalue weighted by atomic mass is 16.5. The molecule has 8 nitrogen and oxygen atoms in total. The Balaban J connectivity index is 1.58. The Hall–Kier alpha value is -2.48. The number of rotatable bonds is 4. The normalized spacial score (nSPS) is 19.4. The highest BCUT2D eigenvalue weighted by molar-refractivity contribution is 5.75. The Morgan fingerprint density at radius 2 is 2.29 bits per heavy atom. The molecule has 1 atom stereocenters. The van der Waals surface area contributed by atoms with Crippen LogP contribution in [0.2, 0.25) is 0 Å². The summed E-state index contributed by atoms with van der Waals surface area (Å²) in [6.07, 6.45) is 6.52. The SMILES string of the molecule is CCCNC(=O)N1CCc2c(cnc(C)c2-c2noc([C@H]3CCCCO3)n2)C1. The van der Waals surface area contributed by atoms with Gasteiger partial charge >= 0.3 is 6.03 Å². The first-order valence-electron chi connectivity index (χ1n) is 10.1. The number of pyridine rings is 1. The van der Waals surface area contributed by atoms with E-state index in [1.54, 1.807) is 0 Å². The van der Waals surface area contributed by atoms with E-state index < -0.39 is 0 Å². The van der Waals surface area contributed by atoms with E-state index in [9.17, 15) is 4.79 Å². The fourth-order valence-corrected chi connectivity index (χ4v) is 3.87. The highest BCUT2D eigenvalue weighted by Gasteiger charge is 2.28. The van der Waals surface area contributed by atoms with E-state index in [-0.39, 0.29) is 12.1 Å². The van der Waals surface area contributed by atoms with Crippen LogP contribution >= 0.6 is 0 Å². The Morgan fingerprint density at radius 1 is 1.39 bits per heavy atom. The minimum Gasteiger partial charge on any atom is -0.368 e. The number of nitrogens with zero attached hydrogens (tertiary/aromatic N) is 4. The maximum atomic E-state index is 12.3. The molecule has 0 aromatic carbocycles. The third-order valence-corrected chi connectivity index (χ3v) is 5.39. The van der Waals surface area contributed by atoms with Gasteiger partial charge < -0.3 is 19.5 Å². The van der Waals surface area contributed by atoms with Gasteiger partial charge in [-0.1, -0.05) is 12.1 Å². The molecule has 1 N–H and O–H groups in total. The second kappa shape index (κ2) is 8.26. The van der Waals surface area contributed by atoms with Crippen LogP contribution in [0.25, 0.3) is 11.4 Å². The molecule has 2 aromatic heterocycles. The van der Waals surface area contributed by atoms with Gasteiger partial charge in [-0.2, -0.15) is 4.98 Å². The summed E-state index contributed by atoms with van der Waals surface area (Å²) in [5.41, 5.74) is 4.00. The summed E-state index contributed by atoms with van der Waals surface area (Å²) in [6.45, 7) is 6.64. The number of aromatic nitrogens is 3. The van der Waals surface area contributed by atoms with Crippen molar-refractivity contribution in [3.63, 3.8) is 0 Å². The molecule has 28 heavy (non-hydrogen) atoms. The van der Waals surface area contributed by atoms with Crippen LogP contribution in [-0.4, -0.2) is 45.8 Å². The molecular formula is C20H27N5O3. The van der Waals surface area contributed by atoms with E-state index in [4.69, 9.17) is 9.26 Å². The van der Waals surface area contributed by atoms with E-state index in [0.29, 0.717) is 31.3 Å². The highest BCUT2D eigenvalue weighted by Crippen LogP contribution is 2.33. The number of urea groups is 1. The van der Waals surface area contributed by atoms with Crippen LogP contribution < -0.4 is 5.32 Å². The second-order valence-electron chi connectivity index (χ2n) is 7.44. The zero-order chi connectivity index (χ0) is 19.5. The van der Waals surface area contributed by atoms with E-state index in [2.05, 4.69) is 20.4 Å². The molecule has 2 aromatic rings. The number of hydrogen-bond donors (Lipinski definition) is 1. The molecule has 2 aliphatic heterocycles. The maximum absolute atomic E-state index is 12.3. The minimum absolute atomic E-state index is 0.0223. The minimum atomic E-state index is -0.111. The largest absolute Gasteiger partial charge is 0.368 e. The standard InChI is InChI=1S/C20H27N5O3/c1-3-8-21-20(26)25-9-7-15-14(12-25)11-22-13(2)17(15)18-23-19(28-24-18)16-6-4-5-10-27-16/h11,16H,3-10,12H2,1-2H3,(H,21,26)/t16-/m1/s1. The van der Waals surface area contributed by atoms with Crippen molar-refractivity contribution in [1.82, 2.24) is 25.3 Å². The Labute approximate surface area is 164 Å². The van der Waals surface area contributed by atoms with Crippen molar-refractivity contribution >= 4 is 6.03 Å². The van der Waals surface area contributed by atoms with Crippen LogP contribution in [0.3, 0.4) is 0 Å². The topological polar surface area (TPSA) is 93.4 Å². The van der Waals surface area contributed by atoms with Crippen molar-refractivity contribution in [1.29, 1.82) is 0 Å². The molecule has 1 fully saturated rings. The molecule has 0 radical (unpaired) electrons. The number of carbonyl (C=O) groups is 1. The van der Waals surface area contributed by atoms with Gasteiger partial charge in [0, 0.05) is 43.7 Å². The molecular weight excluding hydrogens is 358 g/mol. The van der Waals surface area contributed by atoms with E-state index in [0.717, 1.165) is 61.1 Å². The van der Waals surface area contributed by atoms with Gasteiger partial charge in [-0.05, 0) is 50.2 Å². The number of aryl methyl sites for hydroxylation is 1. The Bertz CT molecular complexity index is 844. The van der Waals surface area contributed by atoms with E-state index in [1.165, 1.54) is 0 Å². The molecule has 0 unspecified atom stereocenters. The first-order chi connectivity index (χ1) is 13.7. The first kappa shape index (κ1) is 18.9. The lowest BCUT2D eigenvalue weighted by molar-refractivity contribution is -0.00459. The third-order valence-electron chi connectivity index (χ3n) is 5.39. The van der Waals surface area contributed by atoms with Crippen LogP contribution in [0.15, 0.2) is 10.7 Å². The second-order valence-corrected chi connectivity index (χ2v) is 7.44. The average Bonchev–Trinajstić information content (AvgIpc) is 3.22. The predicted molar refractivity (Wildman–Crippen MR) is 103 cm³/mol. The lowest BCUT2D eigenvalue weighted by Crippen LogP contribution is -2.43. The van der Waals surface area contributed by atoms with Crippen molar-refractivity contribution in [3.8, 4) is 11.4 Å². The number of hydrogen-bond acceptors (Lipinski definition) is 6. The molecule has 0 spiro atoms. The Kier molecular flexibility index (Phi) is 5.57. The summed E-state index contributed by atoms with van der Waals surface area (Å²) in [5.74, 6) is 1.11. The summed E-state index contributed by atoms with van der Waals surface area (Å²) < 4.78 is 11.3. The molecule has 0 aliphatic carbocycles. The van der Waals surface area contributed by atoms with Crippen LogP contribution in [0.4, 0.5) is 4.79 Å². The zero-order valence-corrected chi connectivity index (χ0v) is 16.5. The summed E-state index contributed by atoms with van der Waals surface area (Å²) >= 11 is 0. The fourth-order valence-electron chi connectivity index (χ4n) is 3.87. The van der Waals surface area contributed by atoms with Gasteiger partial charge in [0.25, 0.3) is 5.89 Å². The molecule has 2 aliphatic rings. The molecule has 1 saturated heterocycles. The third kappa shape index (κ3) is 3.73. The number of amides is 2. The quantitative estimate of drug-likeness (QED) is 0.869. The van der Waals surface area contributed by atoms with Crippen LogP contribution in [0.5, 0.6) is 0 Å². The molecule has 4 heterocycles. The Morgan fingerprint density at radius 3 is 3.07 bits per heavy atom. The van der Waals surface area contributed by atoms with Gasteiger partial charge in [-0.25, -0.2) is 4.79 Å². The predicted octanol–water partition coefficient (Wildman–Crippen LogP) is 3.16. The number of fused-ring (bicyclic) bond motifs is 1. The van der Waals surface area contributed by atoms with Crippen molar-refractivity contribution in [2.75, 3.05) is 19.7 Å². The van der Waals surface area contributed by atoms with E-state index in [1.807, 2.05) is 24.9 Å². The molecule has 0 bridgehead atoms. The summed E-state index contributed by atoms with van der Waals surface area (Å²) in [5, 5.41) is 7.17. The van der Waals surface area contributed by atoms with Gasteiger partial charge in [0.15, 0.2) is 0 Å². The zero-order valence-electron chi connectivity index (χ0n) is 16.5. The van der Waals surface area contributed by atoms with Gasteiger partial charge in [-0.3, -0.25) is 4.98 Å². The lowest BCUT2D eigenvalue weighted by Gasteiger charge is -2.30. The molecule has 150 valence electrons. The number of nitrogens with one attached hydrogen (secondary N) is 1. The molecule has 2 amide bonds. The smallest absolute Gasteiger partial charge is 0.317 e. The maximum Gasteiger partial charge on any atom is 0.317 e. The van der Waals surface area contributed by atoms with Gasteiger partial charge in [0.1, 0.15) is 6.10 Å². The monoisotopic (exact) mass is 385 g/mol. The molecule has 4 rings (SSSR count). The van der Waals surface area contributed by atoms with Gasteiger partial charge in [0.05, 0.1) is 0 Å². The fraction of sp³-hybridized carbons (Fsp3) is 0.600. The molecule has 0 saturated carbocycles. The van der Waals surface area contributed by atoms with Crippen LogP contribution in [0, 0.1) is 6.92 Å². The van der Waals surface area contributed by atoms with Crippen molar-refractivity contribution in [2.24, 2.45) is 0 Å². The van der Waals surface area contributed by atoms with E-state index >= 15 is 0 Å². The van der Waals surface area contributed by atoms with Crippen molar-refractivity contribution in [2.45, 2.75) is 58.6 Å². The van der Waals surface area contributed by atoms with Gasteiger partial charge in [0.2, 0.25) is 5.82 Å².